The van der Waals surface area contributed by atoms with Crippen LogP contribution in [0.2, 0.25) is 0 Å². The summed E-state index contributed by atoms with van der Waals surface area (Å²) in [7, 11) is -0.394. The summed E-state index contributed by atoms with van der Waals surface area (Å²) in [4.78, 5) is 10.9. The quantitative estimate of drug-likeness (QED) is 0.820. The number of amides is 1. The molecular weight excluding hydrogens is 319 g/mol. The maximum absolute atomic E-state index is 10.9. The topological polar surface area (TPSA) is 72.7 Å². The molecular formula is C18H23BN2O4. The minimum Gasteiger partial charge on any atom is -0.465 e. The van der Waals surface area contributed by atoms with Crippen LogP contribution in [0.25, 0.3) is 10.9 Å². The van der Waals surface area contributed by atoms with E-state index < -0.39 is 13.2 Å². The number of carbonyl (C=O) groups is 1. The lowest BCUT2D eigenvalue weighted by atomic mass is 9.79. The lowest BCUT2D eigenvalue weighted by molar-refractivity contribution is 0.00578. The van der Waals surface area contributed by atoms with Crippen LogP contribution in [0.1, 0.15) is 33.4 Å². The maximum atomic E-state index is 10.9. The van der Waals surface area contributed by atoms with E-state index in [9.17, 15) is 4.79 Å². The molecule has 0 spiro atoms. The normalized spacial score (nSPS) is 23.8. The van der Waals surface area contributed by atoms with Crippen LogP contribution < -0.4 is 10.8 Å². The Bertz CT molecular complexity index is 842. The Morgan fingerprint density at radius 1 is 1.24 bits per heavy atom. The molecule has 1 aromatic heterocycles. The van der Waals surface area contributed by atoms with Gasteiger partial charge in [0.25, 0.3) is 0 Å². The van der Waals surface area contributed by atoms with Crippen LogP contribution in [0.4, 0.5) is 4.79 Å². The van der Waals surface area contributed by atoms with Gasteiger partial charge >= 0.3 is 13.2 Å². The number of aromatic nitrogens is 1. The predicted octanol–water partition coefficient (Wildman–Crippen LogP) is 2.13. The highest BCUT2D eigenvalue weighted by Crippen LogP contribution is 2.36. The molecule has 0 aliphatic carbocycles. The minimum absolute atomic E-state index is 0.0718. The predicted molar refractivity (Wildman–Crippen MR) is 96.3 cm³/mol. The van der Waals surface area contributed by atoms with E-state index in [1.54, 1.807) is 0 Å². The lowest BCUT2D eigenvalue weighted by Crippen LogP contribution is -2.41. The van der Waals surface area contributed by atoms with E-state index in [1.165, 1.54) is 0 Å². The van der Waals surface area contributed by atoms with Crippen molar-refractivity contribution in [3.05, 3.63) is 30.0 Å². The number of nitrogens with zero attached hydrogens (tertiary/aromatic N) is 1. The van der Waals surface area contributed by atoms with Gasteiger partial charge < -0.3 is 24.3 Å². The largest absolute Gasteiger partial charge is 0.494 e. The van der Waals surface area contributed by atoms with E-state index in [2.05, 4.69) is 28.1 Å². The Labute approximate surface area is 147 Å². The Morgan fingerprint density at radius 2 is 1.92 bits per heavy atom. The van der Waals surface area contributed by atoms with Crippen LogP contribution >= 0.6 is 0 Å². The molecule has 0 radical (unpaired) electrons. The van der Waals surface area contributed by atoms with E-state index in [0.29, 0.717) is 13.0 Å². The minimum atomic E-state index is -0.974. The van der Waals surface area contributed by atoms with E-state index in [1.807, 2.05) is 33.8 Å². The summed E-state index contributed by atoms with van der Waals surface area (Å²) in [5.74, 6) is 0. The molecule has 1 amide bonds. The summed E-state index contributed by atoms with van der Waals surface area (Å²) in [6.07, 6.45) is -0.259. The van der Waals surface area contributed by atoms with Crippen LogP contribution in [-0.4, -0.2) is 40.1 Å². The molecule has 2 aromatic rings. The second kappa shape index (κ2) is 5.25. The molecule has 7 heteroatoms. The number of carboxylic acid groups (broad SMARTS) is 1. The van der Waals surface area contributed by atoms with Crippen molar-refractivity contribution in [1.29, 1.82) is 0 Å². The van der Waals surface area contributed by atoms with Crippen molar-refractivity contribution in [2.75, 3.05) is 0 Å². The van der Waals surface area contributed by atoms with Crippen LogP contribution in [-0.2, 0) is 22.3 Å². The molecule has 25 heavy (non-hydrogen) atoms. The standard InChI is InChI=1S/C18H23BN2O4/c1-17(2)18(3,4)25-19(24-17)12-6-5-11-7-14-9-13(20-16(22)23)10-21(14)15(11)8-12/h5-8,13,20H,9-10H2,1-4H3,(H,22,23). The fourth-order valence-electron chi connectivity index (χ4n) is 3.65. The maximum Gasteiger partial charge on any atom is 0.494 e. The summed E-state index contributed by atoms with van der Waals surface area (Å²) in [6, 6.07) is 8.29. The third kappa shape index (κ3) is 2.62. The molecule has 0 saturated carbocycles. The molecule has 1 fully saturated rings. The highest BCUT2D eigenvalue weighted by atomic mass is 16.7. The fraction of sp³-hybridized carbons (Fsp3) is 0.500. The zero-order chi connectivity index (χ0) is 18.0. The van der Waals surface area contributed by atoms with Crippen molar-refractivity contribution < 1.29 is 19.2 Å². The molecule has 1 atom stereocenters. The van der Waals surface area contributed by atoms with Gasteiger partial charge in [-0.25, -0.2) is 4.79 Å². The average Bonchev–Trinajstić information content (AvgIpc) is 3.07. The third-order valence-corrected chi connectivity index (χ3v) is 5.73. The summed E-state index contributed by atoms with van der Waals surface area (Å²) in [6.45, 7) is 8.83. The van der Waals surface area contributed by atoms with Crippen LogP contribution in [0.5, 0.6) is 0 Å². The smallest absolute Gasteiger partial charge is 0.465 e. The van der Waals surface area contributed by atoms with Crippen molar-refractivity contribution in [3.8, 4) is 0 Å². The zero-order valence-electron chi connectivity index (χ0n) is 15.0. The Hall–Kier alpha value is -1.99. The molecule has 1 aromatic carbocycles. The number of nitrogens with one attached hydrogen (secondary N) is 1. The van der Waals surface area contributed by atoms with Crippen molar-refractivity contribution in [2.45, 2.75) is 57.9 Å². The van der Waals surface area contributed by atoms with Gasteiger partial charge in [-0.05, 0) is 50.7 Å². The van der Waals surface area contributed by atoms with Gasteiger partial charge in [0.1, 0.15) is 0 Å². The molecule has 3 heterocycles. The first-order valence-corrected chi connectivity index (χ1v) is 8.63. The highest BCUT2D eigenvalue weighted by Gasteiger charge is 2.51. The van der Waals surface area contributed by atoms with Gasteiger partial charge in [-0.3, -0.25) is 0 Å². The van der Waals surface area contributed by atoms with Crippen LogP contribution in [0.3, 0.4) is 0 Å². The van der Waals surface area contributed by atoms with Gasteiger partial charge in [0.15, 0.2) is 0 Å². The van der Waals surface area contributed by atoms with Gasteiger partial charge in [0, 0.05) is 24.2 Å². The van der Waals surface area contributed by atoms with Crippen LogP contribution in [0, 0.1) is 0 Å². The highest BCUT2D eigenvalue weighted by molar-refractivity contribution is 6.62. The number of fused-ring (bicyclic) bond motifs is 3. The molecule has 132 valence electrons. The summed E-state index contributed by atoms with van der Waals surface area (Å²) >= 11 is 0. The lowest BCUT2D eigenvalue weighted by Gasteiger charge is -2.32. The molecule has 6 nitrogen and oxygen atoms in total. The number of hydrogen-bond donors (Lipinski definition) is 2. The Morgan fingerprint density at radius 3 is 2.56 bits per heavy atom. The first kappa shape index (κ1) is 16.5. The molecule has 2 N–H and O–H groups in total. The second-order valence-electron chi connectivity index (χ2n) is 8.00. The van der Waals surface area contributed by atoms with E-state index in [0.717, 1.165) is 22.1 Å². The van der Waals surface area contributed by atoms with Gasteiger partial charge in [-0.15, -0.1) is 0 Å². The third-order valence-electron chi connectivity index (χ3n) is 5.73. The molecule has 2 aliphatic heterocycles. The number of rotatable bonds is 2. The summed E-state index contributed by atoms with van der Waals surface area (Å²) in [5.41, 5.74) is 2.49. The first-order chi connectivity index (χ1) is 11.7. The molecule has 2 aliphatic rings. The van der Waals surface area contributed by atoms with Gasteiger partial charge in [-0.2, -0.15) is 0 Å². The van der Waals surface area contributed by atoms with Gasteiger partial charge in [0.2, 0.25) is 0 Å². The number of benzene rings is 1. The first-order valence-electron chi connectivity index (χ1n) is 8.63. The zero-order valence-corrected chi connectivity index (χ0v) is 15.0. The van der Waals surface area contributed by atoms with Crippen LogP contribution in [0.15, 0.2) is 24.3 Å². The Kier molecular flexibility index (Phi) is 3.46. The Balaban J connectivity index is 1.65. The average molecular weight is 342 g/mol. The van der Waals surface area contributed by atoms with Crippen molar-refractivity contribution in [1.82, 2.24) is 9.88 Å². The molecule has 1 unspecified atom stereocenters. The van der Waals surface area contributed by atoms with Crippen molar-refractivity contribution in [2.24, 2.45) is 0 Å². The SMILES string of the molecule is CC1(C)OB(c2ccc3cc4n(c3c2)CC(NC(=O)O)C4)OC1(C)C. The fourth-order valence-corrected chi connectivity index (χ4v) is 3.65. The van der Waals surface area contributed by atoms with E-state index in [-0.39, 0.29) is 17.2 Å². The molecule has 1 saturated heterocycles. The number of hydrogen-bond acceptors (Lipinski definition) is 3. The monoisotopic (exact) mass is 342 g/mol. The second-order valence-corrected chi connectivity index (χ2v) is 8.00. The van der Waals surface area contributed by atoms with Crippen molar-refractivity contribution >= 4 is 29.6 Å². The van der Waals surface area contributed by atoms with Gasteiger partial charge in [-0.1, -0.05) is 12.1 Å². The van der Waals surface area contributed by atoms with Crippen molar-refractivity contribution in [3.63, 3.8) is 0 Å². The van der Waals surface area contributed by atoms with E-state index >= 15 is 0 Å². The van der Waals surface area contributed by atoms with E-state index in [4.69, 9.17) is 14.4 Å². The molecule has 4 rings (SSSR count). The molecule has 0 bridgehead atoms. The summed E-state index contributed by atoms with van der Waals surface area (Å²) in [5, 5.41) is 12.7. The summed E-state index contributed by atoms with van der Waals surface area (Å²) < 4.78 is 14.5. The van der Waals surface area contributed by atoms with Gasteiger partial charge in [0.05, 0.1) is 17.2 Å².